The van der Waals surface area contributed by atoms with Crippen molar-refractivity contribution in [2.24, 2.45) is 5.92 Å². The Labute approximate surface area is 158 Å². The summed E-state index contributed by atoms with van der Waals surface area (Å²) in [6.45, 7) is 1.34. The number of aromatic nitrogens is 1. The fraction of sp³-hybridized carbons (Fsp3) is 0.389. The van der Waals surface area contributed by atoms with E-state index in [1.807, 2.05) is 11.0 Å². The number of carbonyl (C=O) groups is 2. The molecule has 2 bridgehead atoms. The molecule has 0 radical (unpaired) electrons. The van der Waals surface area contributed by atoms with Crippen LogP contribution < -0.4 is 4.74 Å². The molecule has 0 saturated carbocycles. The Hall–Kier alpha value is -2.65. The number of hydrogen-bond acceptors (Lipinski definition) is 9. The van der Waals surface area contributed by atoms with Crippen LogP contribution in [-0.4, -0.2) is 46.9 Å². The van der Waals surface area contributed by atoms with Crippen molar-refractivity contribution in [2.75, 3.05) is 13.1 Å². The Morgan fingerprint density at radius 2 is 1.93 bits per heavy atom. The molecule has 3 saturated heterocycles. The summed E-state index contributed by atoms with van der Waals surface area (Å²) in [4.78, 5) is 31.3. The molecule has 8 nitrogen and oxygen atoms in total. The van der Waals surface area contributed by atoms with E-state index in [0.717, 1.165) is 35.4 Å². The third kappa shape index (κ3) is 2.74. The zero-order chi connectivity index (χ0) is 18.4. The predicted octanol–water partition coefficient (Wildman–Crippen LogP) is 2.19. The second-order valence-electron chi connectivity index (χ2n) is 6.67. The molecule has 1 spiro atoms. The average Bonchev–Trinajstić information content (AvgIpc) is 3.32. The van der Waals surface area contributed by atoms with Gasteiger partial charge in [-0.05, 0) is 18.9 Å². The molecule has 140 valence electrons. The summed E-state index contributed by atoms with van der Waals surface area (Å²) in [7, 11) is 0. The van der Waals surface area contributed by atoms with Gasteiger partial charge in [0.1, 0.15) is 0 Å². The highest BCUT2D eigenvalue weighted by molar-refractivity contribution is 7.16. The molecular formula is C18H16N2O6S. The zero-order valence-electron chi connectivity index (χ0n) is 14.2. The van der Waals surface area contributed by atoms with E-state index >= 15 is 0 Å². The van der Waals surface area contributed by atoms with Crippen LogP contribution in [0.2, 0.25) is 0 Å². The number of thiazole rings is 1. The van der Waals surface area contributed by atoms with Crippen molar-refractivity contribution in [2.45, 2.75) is 24.9 Å². The molecule has 3 fully saturated rings. The molecule has 2 aromatic heterocycles. The highest BCUT2D eigenvalue weighted by Crippen LogP contribution is 2.45. The van der Waals surface area contributed by atoms with Crippen molar-refractivity contribution >= 4 is 23.3 Å². The molecule has 0 N–H and O–H groups in total. The van der Waals surface area contributed by atoms with Gasteiger partial charge >= 0.3 is 17.8 Å². The van der Waals surface area contributed by atoms with Gasteiger partial charge in [0.05, 0.1) is 17.4 Å². The third-order valence-electron chi connectivity index (χ3n) is 5.14. The van der Waals surface area contributed by atoms with Crippen LogP contribution in [0, 0.1) is 5.92 Å². The van der Waals surface area contributed by atoms with Crippen LogP contribution >= 0.6 is 11.3 Å². The lowest BCUT2D eigenvalue weighted by Crippen LogP contribution is -2.71. The third-order valence-corrected chi connectivity index (χ3v) is 6.07. The van der Waals surface area contributed by atoms with Crippen LogP contribution in [0.1, 0.15) is 12.8 Å². The maximum absolute atomic E-state index is 12.1. The van der Waals surface area contributed by atoms with E-state index in [0.29, 0.717) is 18.3 Å². The second kappa shape index (κ2) is 6.21. The Morgan fingerprint density at radius 1 is 1.19 bits per heavy atom. The molecule has 0 aliphatic carbocycles. The standard InChI is InChI=1S/C18H16N2O6S/c21-14-1-2-15(22)26-18(25-14)16(11-3-6-20(18)7-4-11)24-17-19-9-13(27-17)12-5-8-23-10-12/h1-2,5,8-11,16H,3-4,6-7H2. The normalized spacial score (nSPS) is 28.7. The van der Waals surface area contributed by atoms with E-state index in [-0.39, 0.29) is 5.92 Å². The van der Waals surface area contributed by atoms with Gasteiger partial charge in [0.15, 0.2) is 6.10 Å². The van der Waals surface area contributed by atoms with Crippen LogP contribution in [0.25, 0.3) is 10.4 Å². The highest BCUT2D eigenvalue weighted by Gasteiger charge is 2.62. The summed E-state index contributed by atoms with van der Waals surface area (Å²) >= 11 is 1.36. The van der Waals surface area contributed by atoms with Gasteiger partial charge in [0, 0.05) is 42.9 Å². The molecule has 4 aliphatic rings. The van der Waals surface area contributed by atoms with Crippen LogP contribution in [-0.2, 0) is 19.1 Å². The summed E-state index contributed by atoms with van der Waals surface area (Å²) in [6, 6.07) is 1.84. The SMILES string of the molecule is O=C1C=CC(=O)OC2(O1)C(Oc1ncc(-c3ccoc3)s1)C1CCN2CC1. The van der Waals surface area contributed by atoms with Crippen molar-refractivity contribution in [1.82, 2.24) is 9.88 Å². The first kappa shape index (κ1) is 16.5. The van der Waals surface area contributed by atoms with Crippen molar-refractivity contribution in [1.29, 1.82) is 0 Å². The number of furan rings is 1. The molecule has 9 heteroatoms. The number of nitrogens with zero attached hydrogens (tertiary/aromatic N) is 2. The van der Waals surface area contributed by atoms with Gasteiger partial charge in [0.2, 0.25) is 0 Å². The Kier molecular flexibility index (Phi) is 3.80. The Bertz CT molecular complexity index is 877. The summed E-state index contributed by atoms with van der Waals surface area (Å²) in [5, 5.41) is 0.425. The first-order valence-electron chi connectivity index (χ1n) is 8.68. The second-order valence-corrected chi connectivity index (χ2v) is 7.66. The number of carbonyl (C=O) groups excluding carboxylic acids is 2. The van der Waals surface area contributed by atoms with Gasteiger partial charge < -0.3 is 18.6 Å². The fourth-order valence-electron chi connectivity index (χ4n) is 3.88. The molecule has 1 atom stereocenters. The lowest BCUT2D eigenvalue weighted by atomic mass is 9.82. The molecule has 27 heavy (non-hydrogen) atoms. The van der Waals surface area contributed by atoms with E-state index < -0.39 is 24.0 Å². The molecule has 0 amide bonds. The van der Waals surface area contributed by atoms with E-state index in [1.54, 1.807) is 18.7 Å². The molecule has 4 aliphatic heterocycles. The topological polar surface area (TPSA) is 91.1 Å². The Morgan fingerprint density at radius 3 is 2.59 bits per heavy atom. The van der Waals surface area contributed by atoms with Crippen LogP contribution in [0.5, 0.6) is 5.19 Å². The van der Waals surface area contributed by atoms with E-state index in [1.165, 1.54) is 11.3 Å². The van der Waals surface area contributed by atoms with Gasteiger partial charge in [-0.15, -0.1) is 0 Å². The minimum Gasteiger partial charge on any atom is -0.472 e. The fourth-order valence-corrected chi connectivity index (χ4v) is 4.66. The predicted molar refractivity (Wildman–Crippen MR) is 92.6 cm³/mol. The molecular weight excluding hydrogens is 372 g/mol. The number of fused-ring (bicyclic) bond motifs is 2. The van der Waals surface area contributed by atoms with Crippen molar-refractivity contribution in [3.63, 3.8) is 0 Å². The van der Waals surface area contributed by atoms with E-state index in [9.17, 15) is 9.59 Å². The average molecular weight is 388 g/mol. The maximum Gasteiger partial charge on any atom is 0.359 e. The minimum absolute atomic E-state index is 0.0926. The number of piperidine rings is 3. The zero-order valence-corrected chi connectivity index (χ0v) is 15.0. The van der Waals surface area contributed by atoms with Crippen molar-refractivity contribution in [3.8, 4) is 15.6 Å². The minimum atomic E-state index is -1.56. The summed E-state index contributed by atoms with van der Waals surface area (Å²) in [5.41, 5.74) is 0.905. The van der Waals surface area contributed by atoms with Gasteiger partial charge in [0.25, 0.3) is 5.19 Å². The largest absolute Gasteiger partial charge is 0.472 e. The summed E-state index contributed by atoms with van der Waals surface area (Å²) in [5.74, 6) is -2.71. The molecule has 6 heterocycles. The molecule has 6 rings (SSSR count). The first-order chi connectivity index (χ1) is 13.1. The number of rotatable bonds is 3. The molecule has 0 aromatic carbocycles. The maximum atomic E-state index is 12.1. The summed E-state index contributed by atoms with van der Waals surface area (Å²) < 4.78 is 22.5. The van der Waals surface area contributed by atoms with Gasteiger partial charge in [-0.25, -0.2) is 19.5 Å². The van der Waals surface area contributed by atoms with Crippen LogP contribution in [0.4, 0.5) is 0 Å². The summed E-state index contributed by atoms with van der Waals surface area (Å²) in [6.07, 6.45) is 8.19. The highest BCUT2D eigenvalue weighted by atomic mass is 32.1. The number of esters is 2. The monoisotopic (exact) mass is 388 g/mol. The van der Waals surface area contributed by atoms with Crippen molar-refractivity contribution in [3.05, 3.63) is 36.9 Å². The van der Waals surface area contributed by atoms with E-state index in [2.05, 4.69) is 4.98 Å². The first-order valence-corrected chi connectivity index (χ1v) is 9.50. The number of hydrogen-bond donors (Lipinski definition) is 0. The van der Waals surface area contributed by atoms with Crippen molar-refractivity contribution < 1.29 is 28.2 Å². The molecule has 2 aromatic rings. The smallest absolute Gasteiger partial charge is 0.359 e. The van der Waals surface area contributed by atoms with Gasteiger partial charge in [-0.1, -0.05) is 11.3 Å². The Balaban J connectivity index is 1.47. The van der Waals surface area contributed by atoms with Crippen LogP contribution in [0.15, 0.2) is 41.4 Å². The number of ether oxygens (including phenoxy) is 3. The van der Waals surface area contributed by atoms with Gasteiger partial charge in [-0.2, -0.15) is 0 Å². The van der Waals surface area contributed by atoms with Crippen LogP contribution in [0.3, 0.4) is 0 Å². The molecule has 1 unspecified atom stereocenters. The van der Waals surface area contributed by atoms with E-state index in [4.69, 9.17) is 18.6 Å². The quantitative estimate of drug-likeness (QED) is 0.739. The van der Waals surface area contributed by atoms with Gasteiger partial charge in [-0.3, -0.25) is 0 Å². The lowest BCUT2D eigenvalue weighted by molar-refractivity contribution is -0.348. The lowest BCUT2D eigenvalue weighted by Gasteiger charge is -2.54.